The molecule has 0 saturated heterocycles. The molecule has 0 radical (unpaired) electrons. The van der Waals surface area contributed by atoms with Crippen molar-refractivity contribution in [2.45, 2.75) is 6.42 Å². The molecule has 0 bridgehead atoms. The van der Waals surface area contributed by atoms with Crippen LogP contribution in [0.15, 0.2) is 30.9 Å². The maximum atomic E-state index is 9.19. The van der Waals surface area contributed by atoms with Gasteiger partial charge in [0.15, 0.2) is 0 Å². The van der Waals surface area contributed by atoms with Gasteiger partial charge < -0.3 is 5.11 Å². The van der Waals surface area contributed by atoms with E-state index in [0.29, 0.717) is 5.75 Å². The predicted molar refractivity (Wildman–Crippen MR) is 50.2 cm³/mol. The second-order valence-electron chi connectivity index (χ2n) is 2.61. The minimum absolute atomic E-state index is 0.359. The minimum atomic E-state index is 0.359. The lowest BCUT2D eigenvalue weighted by Gasteiger charge is -2.00. The van der Waals surface area contributed by atoms with Gasteiger partial charge in [0.05, 0.1) is 0 Å². The molecule has 0 aliphatic rings. The molecule has 0 spiro atoms. The van der Waals surface area contributed by atoms with Crippen molar-refractivity contribution in [1.29, 1.82) is 0 Å². The van der Waals surface area contributed by atoms with E-state index < -0.39 is 0 Å². The van der Waals surface area contributed by atoms with E-state index >= 15 is 0 Å². The van der Waals surface area contributed by atoms with Gasteiger partial charge in [0.2, 0.25) is 0 Å². The quantitative estimate of drug-likeness (QED) is 0.472. The summed E-state index contributed by atoms with van der Waals surface area (Å²) in [5.74, 6) is 0.359. The van der Waals surface area contributed by atoms with Crippen LogP contribution in [0.1, 0.15) is 5.56 Å². The molecule has 0 amide bonds. The van der Waals surface area contributed by atoms with E-state index in [1.807, 2.05) is 26.1 Å². The van der Waals surface area contributed by atoms with Gasteiger partial charge in [-0.15, -0.1) is 6.58 Å². The highest BCUT2D eigenvalue weighted by atomic mass is 16.3. The molecule has 0 aliphatic carbocycles. The number of phenolic OH excluding ortho intramolecular Hbond substituents is 1. The fourth-order valence-corrected chi connectivity index (χ4v) is 1.01. The van der Waals surface area contributed by atoms with Gasteiger partial charge in [0.25, 0.3) is 0 Å². The van der Waals surface area contributed by atoms with Crippen LogP contribution >= 0.6 is 0 Å². The molecule has 0 unspecified atom stereocenters. The molecule has 0 aromatic heterocycles. The van der Waals surface area contributed by atoms with Crippen LogP contribution in [-0.4, -0.2) is 13.0 Å². The Morgan fingerprint density at radius 2 is 2.27 bits per heavy atom. The van der Waals surface area contributed by atoms with Crippen LogP contribution in [0.4, 0.5) is 0 Å². The van der Waals surface area contributed by atoms with Crippen LogP contribution in [-0.2, 0) is 6.42 Å². The normalized spacial score (nSPS) is 9.45. The molecule has 1 aromatic rings. The summed E-state index contributed by atoms with van der Waals surface area (Å²) in [6.45, 7) is 3.65. The summed E-state index contributed by atoms with van der Waals surface area (Å²) >= 11 is 0. The first-order chi connectivity index (χ1) is 5.24. The van der Waals surface area contributed by atoms with Gasteiger partial charge in [-0.3, -0.25) is 0 Å². The average molecular weight is 146 g/mol. The Morgan fingerprint density at radius 3 is 2.82 bits per heavy atom. The molecule has 1 nitrogen and oxygen atoms in total. The molecule has 0 heterocycles. The second kappa shape index (κ2) is 3.29. The molecule has 0 aliphatic heterocycles. The molecule has 0 fully saturated rings. The Bertz CT molecular complexity index is 268. The van der Waals surface area contributed by atoms with E-state index in [1.165, 1.54) is 5.56 Å². The van der Waals surface area contributed by atoms with E-state index in [0.717, 1.165) is 11.9 Å². The summed E-state index contributed by atoms with van der Waals surface area (Å²) in [6, 6.07) is 5.59. The van der Waals surface area contributed by atoms with Crippen molar-refractivity contribution >= 4 is 13.3 Å². The third-order valence-electron chi connectivity index (χ3n) is 1.64. The third-order valence-corrected chi connectivity index (χ3v) is 1.64. The van der Waals surface area contributed by atoms with Crippen LogP contribution in [0.25, 0.3) is 0 Å². The lowest BCUT2D eigenvalue weighted by atomic mass is 9.92. The van der Waals surface area contributed by atoms with Gasteiger partial charge in [-0.1, -0.05) is 18.2 Å². The smallest absolute Gasteiger partial charge is 0.144 e. The molecule has 1 N–H and O–H groups in total. The van der Waals surface area contributed by atoms with E-state index in [2.05, 4.69) is 6.58 Å². The Hall–Kier alpha value is -1.18. The van der Waals surface area contributed by atoms with E-state index in [1.54, 1.807) is 6.07 Å². The SMILES string of the molecule is Bc1cc(CC=C)ccc1O. The number of hydrogen-bond donors (Lipinski definition) is 1. The van der Waals surface area contributed by atoms with Crippen LogP contribution < -0.4 is 5.46 Å². The van der Waals surface area contributed by atoms with Crippen molar-refractivity contribution in [3.8, 4) is 5.75 Å². The molecular weight excluding hydrogens is 135 g/mol. The maximum absolute atomic E-state index is 9.19. The van der Waals surface area contributed by atoms with E-state index in [-0.39, 0.29) is 0 Å². The van der Waals surface area contributed by atoms with Gasteiger partial charge in [-0.05, 0) is 23.5 Å². The van der Waals surface area contributed by atoms with Gasteiger partial charge in [0.1, 0.15) is 13.6 Å². The van der Waals surface area contributed by atoms with E-state index in [4.69, 9.17) is 0 Å². The van der Waals surface area contributed by atoms with Crippen LogP contribution in [0, 0.1) is 0 Å². The number of allylic oxidation sites excluding steroid dienone is 1. The molecule has 11 heavy (non-hydrogen) atoms. The third kappa shape index (κ3) is 1.87. The summed E-state index contributed by atoms with van der Waals surface area (Å²) in [7, 11) is 1.89. The van der Waals surface area contributed by atoms with Crippen molar-refractivity contribution in [2.24, 2.45) is 0 Å². The molecule has 0 saturated carbocycles. The number of rotatable bonds is 2. The molecule has 1 aromatic carbocycles. The summed E-state index contributed by atoms with van der Waals surface area (Å²) in [6.07, 6.45) is 2.72. The van der Waals surface area contributed by atoms with Crippen LogP contribution in [0.3, 0.4) is 0 Å². The molecule has 0 atom stereocenters. The highest BCUT2D eigenvalue weighted by Crippen LogP contribution is 2.06. The lowest BCUT2D eigenvalue weighted by molar-refractivity contribution is 0.479. The van der Waals surface area contributed by atoms with Crippen molar-refractivity contribution < 1.29 is 5.11 Å². The van der Waals surface area contributed by atoms with Crippen LogP contribution in [0.5, 0.6) is 5.75 Å². The summed E-state index contributed by atoms with van der Waals surface area (Å²) in [4.78, 5) is 0. The molecule has 2 heteroatoms. The second-order valence-corrected chi connectivity index (χ2v) is 2.61. The Morgan fingerprint density at radius 1 is 1.55 bits per heavy atom. The zero-order valence-corrected chi connectivity index (χ0v) is 6.67. The highest BCUT2D eigenvalue weighted by Gasteiger charge is 1.95. The fraction of sp³-hybridized carbons (Fsp3) is 0.111. The highest BCUT2D eigenvalue weighted by molar-refractivity contribution is 6.34. The van der Waals surface area contributed by atoms with E-state index in [9.17, 15) is 5.11 Å². The first kappa shape index (κ1) is 7.93. The predicted octanol–water partition coefficient (Wildman–Crippen LogP) is 0.379. The lowest BCUT2D eigenvalue weighted by Crippen LogP contribution is -2.03. The molecule has 56 valence electrons. The van der Waals surface area contributed by atoms with Gasteiger partial charge in [-0.25, -0.2) is 0 Å². The standard InChI is InChI=1S/C9H11BO/c1-2-3-7-4-5-9(11)8(10)6-7/h2,4-6,11H,1,3,10H2. The Kier molecular flexibility index (Phi) is 2.37. The largest absolute Gasteiger partial charge is 0.509 e. The zero-order chi connectivity index (χ0) is 8.27. The number of benzene rings is 1. The Labute approximate surface area is 67.8 Å². The van der Waals surface area contributed by atoms with Crippen molar-refractivity contribution in [1.82, 2.24) is 0 Å². The topological polar surface area (TPSA) is 20.2 Å². The number of phenols is 1. The summed E-state index contributed by atoms with van der Waals surface area (Å²) < 4.78 is 0. The maximum Gasteiger partial charge on any atom is 0.144 e. The summed E-state index contributed by atoms with van der Waals surface area (Å²) in [5.41, 5.74) is 2.11. The first-order valence-electron chi connectivity index (χ1n) is 3.63. The first-order valence-corrected chi connectivity index (χ1v) is 3.63. The zero-order valence-electron chi connectivity index (χ0n) is 6.67. The summed E-state index contributed by atoms with van der Waals surface area (Å²) in [5, 5.41) is 9.19. The van der Waals surface area contributed by atoms with Crippen LogP contribution in [0.2, 0.25) is 0 Å². The van der Waals surface area contributed by atoms with Gasteiger partial charge >= 0.3 is 0 Å². The molecular formula is C9H11BO. The minimum Gasteiger partial charge on any atom is -0.509 e. The fourth-order valence-electron chi connectivity index (χ4n) is 1.01. The monoisotopic (exact) mass is 146 g/mol. The van der Waals surface area contributed by atoms with Gasteiger partial charge in [-0.2, -0.15) is 0 Å². The molecule has 1 rings (SSSR count). The average Bonchev–Trinajstić information content (AvgIpc) is 1.98. The van der Waals surface area contributed by atoms with Crippen molar-refractivity contribution in [3.05, 3.63) is 36.4 Å². The van der Waals surface area contributed by atoms with Gasteiger partial charge in [0, 0.05) is 0 Å². The Balaban J connectivity index is 2.95. The number of hydrogen-bond acceptors (Lipinski definition) is 1. The van der Waals surface area contributed by atoms with Crippen molar-refractivity contribution in [3.63, 3.8) is 0 Å². The van der Waals surface area contributed by atoms with Crippen molar-refractivity contribution in [2.75, 3.05) is 0 Å². The number of aromatic hydroxyl groups is 1.